The first-order chi connectivity index (χ1) is 13.4. The van der Waals surface area contributed by atoms with Crippen molar-refractivity contribution >= 4 is 11.2 Å². The lowest BCUT2D eigenvalue weighted by atomic mass is 9.92. The van der Waals surface area contributed by atoms with Crippen molar-refractivity contribution in [3.63, 3.8) is 0 Å². The van der Waals surface area contributed by atoms with Crippen LogP contribution >= 0.6 is 0 Å². The second-order valence-corrected chi connectivity index (χ2v) is 7.63. The molecule has 0 radical (unpaired) electrons. The first-order valence-electron chi connectivity index (χ1n) is 9.29. The Labute approximate surface area is 163 Å². The number of aromatic nitrogens is 7. The molecule has 4 aromatic rings. The van der Waals surface area contributed by atoms with Gasteiger partial charge in [0.15, 0.2) is 11.2 Å². The van der Waals surface area contributed by atoms with Gasteiger partial charge in [-0.05, 0) is 37.3 Å². The van der Waals surface area contributed by atoms with Crippen molar-refractivity contribution in [1.82, 2.24) is 35.2 Å². The molecule has 0 bridgehead atoms. The average molecular weight is 377 g/mol. The van der Waals surface area contributed by atoms with E-state index < -0.39 is 0 Å². The Morgan fingerprint density at radius 2 is 1.93 bits per heavy atom. The number of rotatable bonds is 5. The van der Waals surface area contributed by atoms with E-state index in [2.05, 4.69) is 57.3 Å². The molecule has 0 fully saturated rings. The monoisotopic (exact) mass is 377 g/mol. The van der Waals surface area contributed by atoms with Crippen LogP contribution in [0.25, 0.3) is 16.9 Å². The molecule has 0 saturated carbocycles. The molecule has 1 aromatic carbocycles. The van der Waals surface area contributed by atoms with Gasteiger partial charge in [0.1, 0.15) is 11.6 Å². The van der Waals surface area contributed by atoms with Gasteiger partial charge in [0.2, 0.25) is 0 Å². The normalized spacial score (nSPS) is 11.9. The number of fused-ring (bicyclic) bond motifs is 1. The largest absolute Gasteiger partial charge is 0.494 e. The molecule has 8 nitrogen and oxygen atoms in total. The summed E-state index contributed by atoms with van der Waals surface area (Å²) in [5, 5.41) is 15.9. The van der Waals surface area contributed by atoms with Gasteiger partial charge in [-0.1, -0.05) is 26.0 Å². The van der Waals surface area contributed by atoms with Crippen molar-refractivity contribution in [2.45, 2.75) is 39.5 Å². The van der Waals surface area contributed by atoms with Crippen LogP contribution in [-0.4, -0.2) is 41.8 Å². The summed E-state index contributed by atoms with van der Waals surface area (Å²) in [5.41, 5.74) is 4.18. The van der Waals surface area contributed by atoms with E-state index in [9.17, 15) is 0 Å². The van der Waals surface area contributed by atoms with E-state index in [0.717, 1.165) is 22.8 Å². The van der Waals surface area contributed by atoms with E-state index >= 15 is 0 Å². The molecule has 0 amide bonds. The van der Waals surface area contributed by atoms with Crippen molar-refractivity contribution in [3.05, 3.63) is 53.7 Å². The van der Waals surface area contributed by atoms with E-state index in [1.165, 1.54) is 0 Å². The van der Waals surface area contributed by atoms with Gasteiger partial charge in [-0.2, -0.15) is 9.78 Å². The van der Waals surface area contributed by atoms with Gasteiger partial charge in [-0.25, -0.2) is 9.97 Å². The second-order valence-electron chi connectivity index (χ2n) is 7.63. The Balaban J connectivity index is 1.63. The zero-order valence-corrected chi connectivity index (χ0v) is 16.5. The molecule has 144 valence electrons. The molecular formula is C20H23N7O. The highest BCUT2D eigenvalue weighted by molar-refractivity contribution is 5.70. The molecule has 0 aliphatic heterocycles. The third-order valence-corrected chi connectivity index (χ3v) is 4.38. The SMILES string of the molecule is CCOc1ccc(-n2nnc3cnc(Cc4cc(C(C)(C)C)n[nH]4)nc32)cc1. The highest BCUT2D eigenvalue weighted by atomic mass is 16.5. The lowest BCUT2D eigenvalue weighted by Crippen LogP contribution is -2.11. The molecule has 4 rings (SSSR count). The lowest BCUT2D eigenvalue weighted by molar-refractivity contribution is 0.340. The zero-order valence-electron chi connectivity index (χ0n) is 16.5. The van der Waals surface area contributed by atoms with Gasteiger partial charge in [0.25, 0.3) is 0 Å². The third kappa shape index (κ3) is 3.58. The maximum Gasteiger partial charge on any atom is 0.187 e. The van der Waals surface area contributed by atoms with Gasteiger partial charge < -0.3 is 4.74 Å². The van der Waals surface area contributed by atoms with Crippen LogP contribution in [0.2, 0.25) is 0 Å². The van der Waals surface area contributed by atoms with E-state index in [4.69, 9.17) is 4.74 Å². The average Bonchev–Trinajstić information content (AvgIpc) is 3.29. The molecule has 0 unspecified atom stereocenters. The van der Waals surface area contributed by atoms with Gasteiger partial charge in [-0.3, -0.25) is 5.10 Å². The van der Waals surface area contributed by atoms with Crippen LogP contribution in [0.5, 0.6) is 5.75 Å². The number of hydrogen-bond acceptors (Lipinski definition) is 6. The molecule has 0 atom stereocenters. The minimum Gasteiger partial charge on any atom is -0.494 e. The van der Waals surface area contributed by atoms with E-state index in [-0.39, 0.29) is 5.41 Å². The van der Waals surface area contributed by atoms with Gasteiger partial charge in [-0.15, -0.1) is 5.10 Å². The molecule has 0 aliphatic rings. The molecule has 0 saturated heterocycles. The Morgan fingerprint density at radius 1 is 1.14 bits per heavy atom. The summed E-state index contributed by atoms with van der Waals surface area (Å²) < 4.78 is 7.21. The lowest BCUT2D eigenvalue weighted by Gasteiger charge is -2.13. The number of nitrogens with zero attached hydrogens (tertiary/aromatic N) is 6. The van der Waals surface area contributed by atoms with Crippen LogP contribution in [0.4, 0.5) is 0 Å². The maximum atomic E-state index is 5.50. The summed E-state index contributed by atoms with van der Waals surface area (Å²) in [5.74, 6) is 1.51. The Kier molecular flexibility index (Phi) is 4.54. The topological polar surface area (TPSA) is 94.4 Å². The zero-order chi connectivity index (χ0) is 19.7. The predicted octanol–water partition coefficient (Wildman–Crippen LogP) is 3.22. The Bertz CT molecular complexity index is 1090. The Hall–Kier alpha value is -3.29. The van der Waals surface area contributed by atoms with E-state index in [1.54, 1.807) is 10.9 Å². The summed E-state index contributed by atoms with van der Waals surface area (Å²) in [6.45, 7) is 9.00. The fourth-order valence-corrected chi connectivity index (χ4v) is 2.88. The number of benzene rings is 1. The number of H-pyrrole nitrogens is 1. The molecule has 8 heteroatoms. The second kappa shape index (κ2) is 7.03. The molecule has 0 aliphatic carbocycles. The standard InChI is InChI=1S/C20H23N7O/c1-5-28-15-8-6-14(7-9-15)27-19-16(24-26-27)12-21-18(22-19)11-13-10-17(25-23-13)20(2,3)4/h6-10,12H,5,11H2,1-4H3,(H,23,25). The number of aromatic amines is 1. The summed E-state index contributed by atoms with van der Waals surface area (Å²) in [4.78, 5) is 9.11. The van der Waals surface area contributed by atoms with Crippen molar-refractivity contribution in [3.8, 4) is 11.4 Å². The van der Waals surface area contributed by atoms with Crippen LogP contribution in [-0.2, 0) is 11.8 Å². The first-order valence-corrected chi connectivity index (χ1v) is 9.29. The van der Waals surface area contributed by atoms with Crippen LogP contribution in [0, 0.1) is 0 Å². The fraction of sp³-hybridized carbons (Fsp3) is 0.350. The molecule has 3 heterocycles. The minimum absolute atomic E-state index is 0.00421. The Morgan fingerprint density at radius 3 is 2.61 bits per heavy atom. The van der Waals surface area contributed by atoms with Crippen molar-refractivity contribution in [2.75, 3.05) is 6.61 Å². The highest BCUT2D eigenvalue weighted by Crippen LogP contribution is 2.22. The molecule has 1 N–H and O–H groups in total. The van der Waals surface area contributed by atoms with Gasteiger partial charge in [0.05, 0.1) is 24.2 Å². The van der Waals surface area contributed by atoms with E-state index in [0.29, 0.717) is 30.0 Å². The van der Waals surface area contributed by atoms with Crippen molar-refractivity contribution < 1.29 is 4.74 Å². The number of ether oxygens (including phenoxy) is 1. The van der Waals surface area contributed by atoms with Gasteiger partial charge >= 0.3 is 0 Å². The van der Waals surface area contributed by atoms with Crippen LogP contribution in [0.1, 0.15) is 44.9 Å². The quantitative estimate of drug-likeness (QED) is 0.574. The summed E-state index contributed by atoms with van der Waals surface area (Å²) in [7, 11) is 0. The molecule has 0 spiro atoms. The first kappa shape index (κ1) is 18.1. The molecule has 28 heavy (non-hydrogen) atoms. The van der Waals surface area contributed by atoms with E-state index in [1.807, 2.05) is 31.2 Å². The fourth-order valence-electron chi connectivity index (χ4n) is 2.88. The van der Waals surface area contributed by atoms with Crippen molar-refractivity contribution in [2.24, 2.45) is 0 Å². The minimum atomic E-state index is -0.00421. The summed E-state index contributed by atoms with van der Waals surface area (Å²) >= 11 is 0. The summed E-state index contributed by atoms with van der Waals surface area (Å²) in [6.07, 6.45) is 2.27. The highest BCUT2D eigenvalue weighted by Gasteiger charge is 2.18. The van der Waals surface area contributed by atoms with Gasteiger partial charge in [0, 0.05) is 17.5 Å². The third-order valence-electron chi connectivity index (χ3n) is 4.38. The van der Waals surface area contributed by atoms with Crippen LogP contribution < -0.4 is 4.74 Å². The number of hydrogen-bond donors (Lipinski definition) is 1. The van der Waals surface area contributed by atoms with Crippen LogP contribution in [0.15, 0.2) is 36.5 Å². The smallest absolute Gasteiger partial charge is 0.187 e. The predicted molar refractivity (Wildman–Crippen MR) is 106 cm³/mol. The summed E-state index contributed by atoms with van der Waals surface area (Å²) in [6, 6.07) is 9.76. The molecular weight excluding hydrogens is 354 g/mol. The maximum absolute atomic E-state index is 5.50. The molecule has 3 aromatic heterocycles. The number of nitrogens with one attached hydrogen (secondary N) is 1. The van der Waals surface area contributed by atoms with Crippen molar-refractivity contribution in [1.29, 1.82) is 0 Å². The van der Waals surface area contributed by atoms with Crippen LogP contribution in [0.3, 0.4) is 0 Å².